The SMILES string of the molecule is CC(C)=CCN1CC[C@@]2(C)c3cc(OC(=O)CC4(CCNC(=O)Oc5cccc6[nH]cc(CCN(C)C)c56)CCCCC4)ccc3C[C@@H]1[C@@H]2C. The van der Waals surface area contributed by atoms with Crippen molar-refractivity contribution in [2.75, 3.05) is 40.3 Å². The molecule has 0 unspecified atom stereocenters. The second-order valence-corrected chi connectivity index (χ2v) is 16.1. The Labute approximate surface area is 299 Å². The number of piperidine rings is 1. The summed E-state index contributed by atoms with van der Waals surface area (Å²) in [6.45, 7) is 12.6. The van der Waals surface area contributed by atoms with E-state index in [-0.39, 0.29) is 16.8 Å². The van der Waals surface area contributed by atoms with Crippen LogP contribution < -0.4 is 14.8 Å². The van der Waals surface area contributed by atoms with Gasteiger partial charge in [-0.05, 0) is 131 Å². The molecule has 3 aliphatic rings. The van der Waals surface area contributed by atoms with E-state index >= 15 is 0 Å². The van der Waals surface area contributed by atoms with E-state index in [9.17, 15) is 9.59 Å². The lowest BCUT2D eigenvalue weighted by molar-refractivity contribution is -0.137. The number of carbonyl (C=O) groups excluding carboxylic acids is 2. The number of carbonyl (C=O) groups is 2. The largest absolute Gasteiger partial charge is 0.427 e. The zero-order chi connectivity index (χ0) is 35.5. The molecule has 1 aliphatic heterocycles. The van der Waals surface area contributed by atoms with Gasteiger partial charge in [0.1, 0.15) is 11.5 Å². The number of likely N-dealkylation sites (tertiary alicyclic amines) is 1. The highest BCUT2D eigenvalue weighted by Crippen LogP contribution is 2.49. The number of aromatic amines is 1. The minimum atomic E-state index is -0.465. The van der Waals surface area contributed by atoms with E-state index in [0.717, 1.165) is 81.0 Å². The third-order valence-corrected chi connectivity index (χ3v) is 12.2. The number of H-pyrrole nitrogens is 1. The molecule has 3 atom stereocenters. The quantitative estimate of drug-likeness (QED) is 0.114. The van der Waals surface area contributed by atoms with Crippen LogP contribution in [0.5, 0.6) is 11.5 Å². The molecule has 1 saturated carbocycles. The predicted molar refractivity (Wildman–Crippen MR) is 201 cm³/mol. The predicted octanol–water partition coefficient (Wildman–Crippen LogP) is 8.19. The molecular formula is C42H58N4O4. The van der Waals surface area contributed by atoms with Gasteiger partial charge in [0.05, 0.1) is 6.42 Å². The monoisotopic (exact) mass is 682 g/mol. The molecule has 2 bridgehead atoms. The van der Waals surface area contributed by atoms with Gasteiger partial charge in [-0.25, -0.2) is 4.79 Å². The average Bonchev–Trinajstić information content (AvgIpc) is 3.50. The van der Waals surface area contributed by atoms with Gasteiger partial charge in [-0.1, -0.05) is 56.9 Å². The van der Waals surface area contributed by atoms with Gasteiger partial charge in [-0.2, -0.15) is 0 Å². The number of esters is 1. The zero-order valence-corrected chi connectivity index (χ0v) is 31.2. The molecule has 6 rings (SSSR count). The van der Waals surface area contributed by atoms with Crippen molar-refractivity contribution in [1.82, 2.24) is 20.1 Å². The fourth-order valence-electron chi connectivity index (χ4n) is 8.98. The molecule has 8 nitrogen and oxygen atoms in total. The Morgan fingerprint density at radius 2 is 1.88 bits per heavy atom. The van der Waals surface area contributed by atoms with Crippen LogP contribution in [0, 0.1) is 11.3 Å². The lowest BCUT2D eigenvalue weighted by Crippen LogP contribution is -2.57. The molecule has 270 valence electrons. The molecule has 0 radical (unpaired) electrons. The Balaban J connectivity index is 1.07. The maximum atomic E-state index is 13.6. The minimum absolute atomic E-state index is 0.0629. The molecule has 1 aromatic heterocycles. The normalized spacial score (nSPS) is 22.9. The van der Waals surface area contributed by atoms with Crippen molar-refractivity contribution in [3.05, 3.63) is 70.9 Å². The second kappa shape index (κ2) is 15.3. The highest BCUT2D eigenvalue weighted by Gasteiger charge is 2.48. The topological polar surface area (TPSA) is 86.9 Å². The fourth-order valence-corrected chi connectivity index (χ4v) is 8.98. The number of nitrogens with one attached hydrogen (secondary N) is 2. The standard InChI is InChI=1S/C42H58N4O4/c1-29(2)15-23-46-24-20-41(4)30(3)36(46)25-31-13-14-33(26-34(31)41)49-38(47)27-42(17-8-7-9-18-42)19-21-43-40(48)50-37-12-10-11-35-39(37)32(28-44-35)16-22-45(5)6/h10-15,26,28,30,36,44H,7-9,16-25,27H2,1-6H3,(H,43,48)/t30-,36+,41+/m0/s1. The smallest absolute Gasteiger partial charge is 0.412 e. The molecule has 1 saturated heterocycles. The van der Waals surface area contributed by atoms with Crippen LogP contribution in [0.2, 0.25) is 0 Å². The Kier molecular flexibility index (Phi) is 11.1. The van der Waals surface area contributed by atoms with E-state index in [1.807, 2.05) is 30.5 Å². The summed E-state index contributed by atoms with van der Waals surface area (Å²) in [5, 5.41) is 3.94. The van der Waals surface area contributed by atoms with Gasteiger partial charge in [0.15, 0.2) is 0 Å². The molecule has 50 heavy (non-hydrogen) atoms. The van der Waals surface area contributed by atoms with Crippen LogP contribution in [0.4, 0.5) is 4.79 Å². The van der Waals surface area contributed by atoms with Gasteiger partial charge in [0.2, 0.25) is 0 Å². The van der Waals surface area contributed by atoms with E-state index in [4.69, 9.17) is 9.47 Å². The van der Waals surface area contributed by atoms with Crippen LogP contribution in [-0.4, -0.2) is 73.2 Å². The average molecular weight is 683 g/mol. The van der Waals surface area contributed by atoms with Crippen LogP contribution in [0.25, 0.3) is 10.9 Å². The molecule has 2 heterocycles. The summed E-state index contributed by atoms with van der Waals surface area (Å²) < 4.78 is 12.0. The molecule has 2 aromatic carbocycles. The van der Waals surface area contributed by atoms with E-state index in [1.54, 1.807) is 0 Å². The molecule has 8 heteroatoms. The van der Waals surface area contributed by atoms with Crippen LogP contribution in [0.15, 0.2) is 54.2 Å². The van der Waals surface area contributed by atoms with Crippen molar-refractivity contribution in [2.24, 2.45) is 11.3 Å². The molecular weight excluding hydrogens is 624 g/mol. The lowest BCUT2D eigenvalue weighted by Gasteiger charge is -2.54. The van der Waals surface area contributed by atoms with Crippen molar-refractivity contribution >= 4 is 23.0 Å². The van der Waals surface area contributed by atoms with Crippen molar-refractivity contribution in [2.45, 2.75) is 103 Å². The summed E-state index contributed by atoms with van der Waals surface area (Å²) in [7, 11) is 4.11. The summed E-state index contributed by atoms with van der Waals surface area (Å²) in [5.74, 6) is 1.56. The van der Waals surface area contributed by atoms with Crippen LogP contribution in [-0.2, 0) is 23.1 Å². The number of fused-ring (bicyclic) bond motifs is 5. The van der Waals surface area contributed by atoms with Gasteiger partial charge in [-0.15, -0.1) is 0 Å². The number of rotatable bonds is 12. The third kappa shape index (κ3) is 7.97. The highest BCUT2D eigenvalue weighted by molar-refractivity contribution is 5.91. The molecule has 0 spiro atoms. The van der Waals surface area contributed by atoms with Crippen LogP contribution >= 0.6 is 0 Å². The number of nitrogens with zero attached hydrogens (tertiary/aromatic N) is 2. The molecule has 2 N–H and O–H groups in total. The van der Waals surface area contributed by atoms with Crippen LogP contribution in [0.3, 0.4) is 0 Å². The first-order valence-corrected chi connectivity index (χ1v) is 18.9. The fraction of sp³-hybridized carbons (Fsp3) is 0.571. The Hall–Kier alpha value is -3.62. The van der Waals surface area contributed by atoms with E-state index < -0.39 is 6.09 Å². The number of benzene rings is 2. The molecule has 1 amide bonds. The second-order valence-electron chi connectivity index (χ2n) is 16.1. The number of ether oxygens (including phenoxy) is 2. The lowest BCUT2D eigenvalue weighted by atomic mass is 9.59. The number of aromatic nitrogens is 1. The van der Waals surface area contributed by atoms with Gasteiger partial charge < -0.3 is 24.7 Å². The summed E-state index contributed by atoms with van der Waals surface area (Å²) in [6, 6.07) is 12.6. The Morgan fingerprint density at radius 1 is 1.08 bits per heavy atom. The third-order valence-electron chi connectivity index (χ3n) is 12.2. The first-order chi connectivity index (χ1) is 24.0. The molecule has 3 aromatic rings. The van der Waals surface area contributed by atoms with Gasteiger partial charge >= 0.3 is 12.1 Å². The Morgan fingerprint density at radius 3 is 2.64 bits per heavy atom. The summed E-state index contributed by atoms with van der Waals surface area (Å²) >= 11 is 0. The number of amides is 1. The van der Waals surface area contributed by atoms with E-state index in [2.05, 4.69) is 80.1 Å². The van der Waals surface area contributed by atoms with Gasteiger partial charge in [-0.3, -0.25) is 9.69 Å². The minimum Gasteiger partial charge on any atom is -0.427 e. The number of hydrogen-bond acceptors (Lipinski definition) is 6. The maximum Gasteiger partial charge on any atom is 0.412 e. The van der Waals surface area contributed by atoms with Crippen molar-refractivity contribution in [3.8, 4) is 11.5 Å². The zero-order valence-electron chi connectivity index (χ0n) is 31.2. The molecule has 2 aliphatic carbocycles. The first-order valence-electron chi connectivity index (χ1n) is 18.9. The van der Waals surface area contributed by atoms with Crippen LogP contribution in [0.1, 0.15) is 95.8 Å². The maximum absolute atomic E-state index is 13.6. The van der Waals surface area contributed by atoms with Gasteiger partial charge in [0.25, 0.3) is 0 Å². The highest BCUT2D eigenvalue weighted by atomic mass is 16.6. The van der Waals surface area contributed by atoms with E-state index in [1.165, 1.54) is 23.1 Å². The summed E-state index contributed by atoms with van der Waals surface area (Å²) in [4.78, 5) is 34.7. The first kappa shape index (κ1) is 36.2. The van der Waals surface area contributed by atoms with E-state index in [0.29, 0.717) is 42.8 Å². The van der Waals surface area contributed by atoms with Crippen molar-refractivity contribution in [1.29, 1.82) is 0 Å². The van der Waals surface area contributed by atoms with Crippen molar-refractivity contribution < 1.29 is 19.1 Å². The molecule has 2 fully saturated rings. The number of likely N-dealkylation sites (N-methyl/N-ethyl adjacent to an activating group) is 1. The Bertz CT molecular complexity index is 1700. The summed E-state index contributed by atoms with van der Waals surface area (Å²) in [5.41, 5.74) is 6.06. The number of allylic oxidation sites excluding steroid dienone is 1. The number of hydrogen-bond donors (Lipinski definition) is 2. The van der Waals surface area contributed by atoms with Gasteiger partial charge in [0, 0.05) is 42.8 Å². The summed E-state index contributed by atoms with van der Waals surface area (Å²) in [6.07, 6.45) is 13.2. The van der Waals surface area contributed by atoms with Crippen molar-refractivity contribution in [3.63, 3.8) is 0 Å².